The zero-order chi connectivity index (χ0) is 11.0. The predicted octanol–water partition coefficient (Wildman–Crippen LogP) is 3.99. The maximum atomic E-state index is 4.30. The molecule has 0 unspecified atom stereocenters. The van der Waals surface area contributed by atoms with Crippen molar-refractivity contribution in [3.63, 3.8) is 0 Å². The van der Waals surface area contributed by atoms with Crippen LogP contribution in [0.15, 0.2) is 53.3 Å². The number of halogens is 1. The van der Waals surface area contributed by atoms with Crippen LogP contribution in [0.25, 0.3) is 22.2 Å². The Bertz CT molecular complexity index is 629. The van der Waals surface area contributed by atoms with Crippen molar-refractivity contribution in [2.24, 2.45) is 0 Å². The highest BCUT2D eigenvalue weighted by molar-refractivity contribution is 9.10. The average molecular weight is 273 g/mol. The standard InChI is InChI=1S/C13H9BrN2/c14-11-8-16-13-12(11)10(6-7-15-13)9-4-2-1-3-5-9/h1-8H,(H,15,16). The highest BCUT2D eigenvalue weighted by Crippen LogP contribution is 2.32. The van der Waals surface area contributed by atoms with E-state index in [2.05, 4.69) is 38.0 Å². The molecule has 2 nitrogen and oxygen atoms in total. The molecular formula is C13H9BrN2. The van der Waals surface area contributed by atoms with Crippen LogP contribution < -0.4 is 0 Å². The maximum Gasteiger partial charge on any atom is 0.139 e. The molecule has 0 aliphatic rings. The zero-order valence-electron chi connectivity index (χ0n) is 8.44. The third-order valence-electron chi connectivity index (χ3n) is 2.61. The second kappa shape index (κ2) is 3.76. The van der Waals surface area contributed by atoms with Crippen LogP contribution in [-0.4, -0.2) is 9.97 Å². The van der Waals surface area contributed by atoms with Crippen LogP contribution in [0.3, 0.4) is 0 Å². The molecule has 0 aliphatic heterocycles. The molecule has 3 aromatic rings. The predicted molar refractivity (Wildman–Crippen MR) is 69.2 cm³/mol. The molecule has 0 radical (unpaired) electrons. The van der Waals surface area contributed by atoms with Crippen LogP contribution in [0.2, 0.25) is 0 Å². The van der Waals surface area contributed by atoms with Crippen molar-refractivity contribution in [2.45, 2.75) is 0 Å². The maximum absolute atomic E-state index is 4.30. The van der Waals surface area contributed by atoms with Gasteiger partial charge in [-0.25, -0.2) is 4.98 Å². The van der Waals surface area contributed by atoms with E-state index in [4.69, 9.17) is 0 Å². The summed E-state index contributed by atoms with van der Waals surface area (Å²) >= 11 is 3.54. The Kier molecular flexibility index (Phi) is 2.26. The molecule has 78 valence electrons. The van der Waals surface area contributed by atoms with Gasteiger partial charge in [0.15, 0.2) is 0 Å². The number of hydrogen-bond donors (Lipinski definition) is 1. The summed E-state index contributed by atoms with van der Waals surface area (Å²) in [7, 11) is 0. The first-order chi connectivity index (χ1) is 7.86. The normalized spacial score (nSPS) is 10.8. The van der Waals surface area contributed by atoms with E-state index in [0.29, 0.717) is 0 Å². The van der Waals surface area contributed by atoms with E-state index in [1.54, 1.807) is 0 Å². The quantitative estimate of drug-likeness (QED) is 0.713. The van der Waals surface area contributed by atoms with Gasteiger partial charge in [-0.15, -0.1) is 0 Å². The van der Waals surface area contributed by atoms with Gasteiger partial charge < -0.3 is 4.98 Å². The summed E-state index contributed by atoms with van der Waals surface area (Å²) in [6.45, 7) is 0. The SMILES string of the molecule is Brc1c[nH]c2nccc(-c3ccccc3)c12. The van der Waals surface area contributed by atoms with E-state index in [-0.39, 0.29) is 0 Å². The summed E-state index contributed by atoms with van der Waals surface area (Å²) in [6, 6.07) is 12.4. The van der Waals surface area contributed by atoms with E-state index in [0.717, 1.165) is 15.5 Å². The molecule has 0 bridgehead atoms. The summed E-state index contributed by atoms with van der Waals surface area (Å²) in [5, 5.41) is 1.13. The first-order valence-corrected chi connectivity index (χ1v) is 5.82. The number of pyridine rings is 1. The highest BCUT2D eigenvalue weighted by atomic mass is 79.9. The van der Waals surface area contributed by atoms with E-state index >= 15 is 0 Å². The molecule has 1 aromatic carbocycles. The average Bonchev–Trinajstić information content (AvgIpc) is 2.73. The topological polar surface area (TPSA) is 28.7 Å². The number of aromatic amines is 1. The molecule has 0 saturated heterocycles. The molecule has 0 atom stereocenters. The van der Waals surface area contributed by atoms with Crippen molar-refractivity contribution in [3.05, 3.63) is 53.3 Å². The lowest BCUT2D eigenvalue weighted by Gasteiger charge is -2.03. The Morgan fingerprint density at radius 2 is 1.88 bits per heavy atom. The van der Waals surface area contributed by atoms with Gasteiger partial charge in [0.25, 0.3) is 0 Å². The van der Waals surface area contributed by atoms with Crippen LogP contribution in [0.1, 0.15) is 0 Å². The fourth-order valence-electron chi connectivity index (χ4n) is 1.88. The van der Waals surface area contributed by atoms with Crippen LogP contribution in [-0.2, 0) is 0 Å². The van der Waals surface area contributed by atoms with Gasteiger partial charge in [-0.05, 0) is 33.1 Å². The molecule has 3 rings (SSSR count). The van der Waals surface area contributed by atoms with Gasteiger partial charge in [0.2, 0.25) is 0 Å². The van der Waals surface area contributed by atoms with Gasteiger partial charge >= 0.3 is 0 Å². The number of hydrogen-bond acceptors (Lipinski definition) is 1. The minimum absolute atomic E-state index is 0.910. The number of nitrogens with one attached hydrogen (secondary N) is 1. The first-order valence-electron chi connectivity index (χ1n) is 5.03. The lowest BCUT2D eigenvalue weighted by molar-refractivity contribution is 1.32. The lowest BCUT2D eigenvalue weighted by Crippen LogP contribution is -1.81. The van der Waals surface area contributed by atoms with E-state index in [1.165, 1.54) is 11.1 Å². The minimum atomic E-state index is 0.910. The number of nitrogens with zero attached hydrogens (tertiary/aromatic N) is 1. The van der Waals surface area contributed by atoms with Crippen molar-refractivity contribution >= 4 is 27.0 Å². The second-order valence-corrected chi connectivity index (χ2v) is 4.44. The summed E-state index contributed by atoms with van der Waals surface area (Å²) in [6.07, 6.45) is 3.75. The Morgan fingerprint density at radius 1 is 1.06 bits per heavy atom. The first kappa shape index (κ1) is 9.60. The minimum Gasteiger partial charge on any atom is -0.345 e. The van der Waals surface area contributed by atoms with Crippen molar-refractivity contribution in [2.75, 3.05) is 0 Å². The Balaban J connectivity index is 2.36. The summed E-state index contributed by atoms with van der Waals surface area (Å²) in [5.74, 6) is 0. The van der Waals surface area contributed by atoms with Crippen molar-refractivity contribution in [3.8, 4) is 11.1 Å². The number of benzene rings is 1. The Morgan fingerprint density at radius 3 is 2.69 bits per heavy atom. The van der Waals surface area contributed by atoms with Gasteiger partial charge in [0.05, 0.1) is 0 Å². The van der Waals surface area contributed by atoms with Crippen molar-refractivity contribution < 1.29 is 0 Å². The van der Waals surface area contributed by atoms with Crippen molar-refractivity contribution in [1.29, 1.82) is 0 Å². The summed E-state index contributed by atoms with van der Waals surface area (Å²) < 4.78 is 1.05. The van der Waals surface area contributed by atoms with Crippen LogP contribution in [0.4, 0.5) is 0 Å². The Labute approximate surface area is 101 Å². The molecule has 0 saturated carbocycles. The zero-order valence-corrected chi connectivity index (χ0v) is 10.0. The van der Waals surface area contributed by atoms with Gasteiger partial charge in [-0.2, -0.15) is 0 Å². The molecule has 2 heterocycles. The number of fused-ring (bicyclic) bond motifs is 1. The van der Waals surface area contributed by atoms with Gasteiger partial charge in [0, 0.05) is 22.3 Å². The number of aromatic nitrogens is 2. The molecule has 0 aliphatic carbocycles. The monoisotopic (exact) mass is 272 g/mol. The number of rotatable bonds is 1. The van der Waals surface area contributed by atoms with Crippen molar-refractivity contribution in [1.82, 2.24) is 9.97 Å². The van der Waals surface area contributed by atoms with Crippen LogP contribution in [0, 0.1) is 0 Å². The Hall–Kier alpha value is -1.61. The largest absolute Gasteiger partial charge is 0.345 e. The third kappa shape index (κ3) is 1.44. The molecule has 3 heteroatoms. The lowest BCUT2D eigenvalue weighted by atomic mass is 10.0. The van der Waals surface area contributed by atoms with Crippen LogP contribution in [0.5, 0.6) is 0 Å². The second-order valence-electron chi connectivity index (χ2n) is 3.58. The number of H-pyrrole nitrogens is 1. The molecule has 16 heavy (non-hydrogen) atoms. The molecule has 0 fully saturated rings. The molecule has 1 N–H and O–H groups in total. The molecule has 0 spiro atoms. The highest BCUT2D eigenvalue weighted by Gasteiger charge is 2.08. The van der Waals surface area contributed by atoms with Gasteiger partial charge in [0.1, 0.15) is 5.65 Å². The summed E-state index contributed by atoms with van der Waals surface area (Å²) in [4.78, 5) is 7.44. The van der Waals surface area contributed by atoms with E-state index in [1.807, 2.05) is 36.7 Å². The third-order valence-corrected chi connectivity index (χ3v) is 3.24. The molecule has 2 aromatic heterocycles. The smallest absolute Gasteiger partial charge is 0.139 e. The van der Waals surface area contributed by atoms with Gasteiger partial charge in [-0.3, -0.25) is 0 Å². The van der Waals surface area contributed by atoms with E-state index < -0.39 is 0 Å². The fraction of sp³-hybridized carbons (Fsp3) is 0. The van der Waals surface area contributed by atoms with E-state index in [9.17, 15) is 0 Å². The molecule has 0 amide bonds. The summed E-state index contributed by atoms with van der Waals surface area (Å²) in [5.41, 5.74) is 3.31. The molecular weight excluding hydrogens is 264 g/mol. The fourth-order valence-corrected chi connectivity index (χ4v) is 2.39. The van der Waals surface area contributed by atoms with Gasteiger partial charge in [-0.1, -0.05) is 30.3 Å². The van der Waals surface area contributed by atoms with Crippen LogP contribution >= 0.6 is 15.9 Å².